The molecule has 0 fully saturated rings. The summed E-state index contributed by atoms with van der Waals surface area (Å²) < 4.78 is 6.92. The highest BCUT2D eigenvalue weighted by molar-refractivity contribution is 9.11. The van der Waals surface area contributed by atoms with Gasteiger partial charge in [0, 0.05) is 10.9 Å². The standard InChI is InChI=1S/C15H18BrNOS/c1-3-14(17-2)11-4-6-12(7-5-11)18-10-13-8-9-15(16)19-13/h4-9,14,17H,3,10H2,1-2H3. The van der Waals surface area contributed by atoms with E-state index >= 15 is 0 Å². The van der Waals surface area contributed by atoms with Crippen molar-refractivity contribution in [3.63, 3.8) is 0 Å². The van der Waals surface area contributed by atoms with Crippen LogP contribution in [0.2, 0.25) is 0 Å². The zero-order chi connectivity index (χ0) is 13.7. The van der Waals surface area contributed by atoms with Gasteiger partial charge in [0.05, 0.1) is 3.79 Å². The van der Waals surface area contributed by atoms with Gasteiger partial charge < -0.3 is 10.1 Å². The van der Waals surface area contributed by atoms with E-state index in [4.69, 9.17) is 4.74 Å². The van der Waals surface area contributed by atoms with Crippen molar-refractivity contribution in [3.05, 3.63) is 50.6 Å². The maximum absolute atomic E-state index is 5.78. The highest BCUT2D eigenvalue weighted by Gasteiger charge is 2.06. The van der Waals surface area contributed by atoms with Crippen molar-refractivity contribution < 1.29 is 4.74 Å². The molecule has 0 amide bonds. The monoisotopic (exact) mass is 339 g/mol. The Morgan fingerprint density at radius 1 is 1.21 bits per heavy atom. The molecule has 0 spiro atoms. The normalized spacial score (nSPS) is 12.4. The van der Waals surface area contributed by atoms with Crippen LogP contribution in [0.4, 0.5) is 0 Å². The van der Waals surface area contributed by atoms with Gasteiger partial charge in [-0.15, -0.1) is 11.3 Å². The molecule has 2 rings (SSSR count). The molecule has 102 valence electrons. The number of halogens is 1. The van der Waals surface area contributed by atoms with Crippen LogP contribution in [0.1, 0.15) is 29.8 Å². The second kappa shape index (κ2) is 7.08. The third-order valence-electron chi connectivity index (χ3n) is 3.05. The molecule has 2 nitrogen and oxygen atoms in total. The molecule has 0 aliphatic carbocycles. The number of hydrogen-bond donors (Lipinski definition) is 1. The molecule has 2 aromatic rings. The summed E-state index contributed by atoms with van der Waals surface area (Å²) in [6, 6.07) is 12.9. The fourth-order valence-electron chi connectivity index (χ4n) is 1.99. The van der Waals surface area contributed by atoms with E-state index in [0.29, 0.717) is 12.6 Å². The SMILES string of the molecule is CCC(NC)c1ccc(OCc2ccc(Br)s2)cc1. The van der Waals surface area contributed by atoms with Crippen LogP contribution >= 0.6 is 27.3 Å². The Balaban J connectivity index is 1.95. The van der Waals surface area contributed by atoms with Gasteiger partial charge >= 0.3 is 0 Å². The minimum atomic E-state index is 0.419. The molecule has 0 aliphatic rings. The van der Waals surface area contributed by atoms with Crippen LogP contribution < -0.4 is 10.1 Å². The quantitative estimate of drug-likeness (QED) is 0.819. The molecule has 1 unspecified atom stereocenters. The van der Waals surface area contributed by atoms with E-state index < -0.39 is 0 Å². The zero-order valence-electron chi connectivity index (χ0n) is 11.2. The number of ether oxygens (including phenoxy) is 1. The summed E-state index contributed by atoms with van der Waals surface area (Å²) in [5, 5.41) is 3.30. The van der Waals surface area contributed by atoms with Gasteiger partial charge in [0.2, 0.25) is 0 Å². The molecule has 1 aromatic carbocycles. The average molecular weight is 340 g/mol. The lowest BCUT2D eigenvalue weighted by atomic mass is 10.1. The highest BCUT2D eigenvalue weighted by Crippen LogP contribution is 2.24. The van der Waals surface area contributed by atoms with E-state index in [1.807, 2.05) is 25.2 Å². The maximum atomic E-state index is 5.78. The fourth-order valence-corrected chi connectivity index (χ4v) is 3.38. The van der Waals surface area contributed by atoms with Crippen molar-refractivity contribution in [3.8, 4) is 5.75 Å². The van der Waals surface area contributed by atoms with Crippen LogP contribution in [-0.4, -0.2) is 7.05 Å². The number of nitrogens with one attached hydrogen (secondary N) is 1. The number of benzene rings is 1. The molecule has 0 saturated carbocycles. The van der Waals surface area contributed by atoms with Crippen molar-refractivity contribution in [2.75, 3.05) is 7.05 Å². The molecule has 0 saturated heterocycles. The summed E-state index contributed by atoms with van der Waals surface area (Å²) in [5.74, 6) is 0.916. The zero-order valence-corrected chi connectivity index (χ0v) is 13.6. The van der Waals surface area contributed by atoms with Crippen LogP contribution in [0.3, 0.4) is 0 Å². The van der Waals surface area contributed by atoms with Gasteiger partial charge in [-0.2, -0.15) is 0 Å². The van der Waals surface area contributed by atoms with Crippen molar-refractivity contribution in [2.24, 2.45) is 0 Å². The van der Waals surface area contributed by atoms with Gasteiger partial charge in [0.25, 0.3) is 0 Å². The Kier molecular flexibility index (Phi) is 5.43. The Hall–Kier alpha value is -0.840. The Morgan fingerprint density at radius 2 is 1.95 bits per heavy atom. The summed E-state index contributed by atoms with van der Waals surface area (Å²) in [6.45, 7) is 2.80. The molecule has 0 bridgehead atoms. The van der Waals surface area contributed by atoms with Crippen molar-refractivity contribution in [2.45, 2.75) is 26.0 Å². The second-order valence-corrected chi connectivity index (χ2v) is 6.86. The summed E-state index contributed by atoms with van der Waals surface area (Å²) in [5.41, 5.74) is 1.30. The van der Waals surface area contributed by atoms with Crippen LogP contribution in [0.15, 0.2) is 40.2 Å². The van der Waals surface area contributed by atoms with Gasteiger partial charge in [-0.05, 0) is 59.2 Å². The molecule has 19 heavy (non-hydrogen) atoms. The second-order valence-electron chi connectivity index (χ2n) is 4.31. The Morgan fingerprint density at radius 3 is 2.47 bits per heavy atom. The van der Waals surface area contributed by atoms with Crippen LogP contribution in [0, 0.1) is 0 Å². The molecule has 1 atom stereocenters. The Labute approximate surface area is 126 Å². The largest absolute Gasteiger partial charge is 0.488 e. The van der Waals surface area contributed by atoms with E-state index in [1.54, 1.807) is 11.3 Å². The highest BCUT2D eigenvalue weighted by atomic mass is 79.9. The third kappa shape index (κ3) is 4.06. The first-order valence-electron chi connectivity index (χ1n) is 6.37. The van der Waals surface area contributed by atoms with E-state index in [2.05, 4.69) is 46.4 Å². The molecular formula is C15H18BrNOS. The summed E-state index contributed by atoms with van der Waals surface area (Å²) in [4.78, 5) is 1.22. The van der Waals surface area contributed by atoms with E-state index in [1.165, 1.54) is 10.4 Å². The lowest BCUT2D eigenvalue weighted by molar-refractivity contribution is 0.309. The maximum Gasteiger partial charge on any atom is 0.122 e. The average Bonchev–Trinajstić information content (AvgIpc) is 2.85. The molecule has 1 heterocycles. The van der Waals surface area contributed by atoms with Crippen molar-refractivity contribution in [1.82, 2.24) is 5.32 Å². The number of rotatable bonds is 6. The number of hydrogen-bond acceptors (Lipinski definition) is 3. The predicted molar refractivity (Wildman–Crippen MR) is 84.9 cm³/mol. The van der Waals surface area contributed by atoms with E-state index in [0.717, 1.165) is 16.0 Å². The lowest BCUT2D eigenvalue weighted by Gasteiger charge is -2.14. The molecule has 1 N–H and O–H groups in total. The number of thiophene rings is 1. The van der Waals surface area contributed by atoms with E-state index in [9.17, 15) is 0 Å². The summed E-state index contributed by atoms with van der Waals surface area (Å²) >= 11 is 5.16. The first-order valence-corrected chi connectivity index (χ1v) is 7.98. The fraction of sp³-hybridized carbons (Fsp3) is 0.333. The summed E-state index contributed by atoms with van der Waals surface area (Å²) in [6.07, 6.45) is 1.08. The summed E-state index contributed by atoms with van der Waals surface area (Å²) in [7, 11) is 1.99. The molecule has 1 aromatic heterocycles. The predicted octanol–water partition coefficient (Wildman–Crippen LogP) is 4.76. The minimum Gasteiger partial charge on any atom is -0.488 e. The minimum absolute atomic E-state index is 0.419. The lowest BCUT2D eigenvalue weighted by Crippen LogP contribution is -2.14. The molecular weight excluding hydrogens is 322 g/mol. The van der Waals surface area contributed by atoms with Crippen LogP contribution in [0.5, 0.6) is 5.75 Å². The molecule has 4 heteroatoms. The first-order chi connectivity index (χ1) is 9.22. The van der Waals surface area contributed by atoms with Gasteiger partial charge in [-0.1, -0.05) is 19.1 Å². The molecule has 0 aliphatic heterocycles. The Bertz CT molecular complexity index is 505. The van der Waals surface area contributed by atoms with Gasteiger partial charge in [0.15, 0.2) is 0 Å². The topological polar surface area (TPSA) is 21.3 Å². The van der Waals surface area contributed by atoms with Gasteiger partial charge in [-0.3, -0.25) is 0 Å². The molecule has 0 radical (unpaired) electrons. The smallest absolute Gasteiger partial charge is 0.122 e. The van der Waals surface area contributed by atoms with E-state index in [-0.39, 0.29) is 0 Å². The van der Waals surface area contributed by atoms with Gasteiger partial charge in [0.1, 0.15) is 12.4 Å². The van der Waals surface area contributed by atoms with Crippen LogP contribution in [-0.2, 0) is 6.61 Å². The van der Waals surface area contributed by atoms with Crippen LogP contribution in [0.25, 0.3) is 0 Å². The van der Waals surface area contributed by atoms with Crippen molar-refractivity contribution in [1.29, 1.82) is 0 Å². The third-order valence-corrected chi connectivity index (χ3v) is 4.65. The van der Waals surface area contributed by atoms with Gasteiger partial charge in [-0.25, -0.2) is 0 Å². The first kappa shape index (κ1) is 14.6. The van der Waals surface area contributed by atoms with Crippen molar-refractivity contribution >= 4 is 27.3 Å².